The number of aromatic nitrogens is 1. The topological polar surface area (TPSA) is 39.2 Å². The number of para-hydroxylation sites is 1. The Kier molecular flexibility index (Phi) is 3.40. The molecule has 0 aliphatic rings. The highest BCUT2D eigenvalue weighted by Gasteiger charge is 2.08. The Morgan fingerprint density at radius 3 is 2.48 bits per heavy atom. The van der Waals surface area contributed by atoms with E-state index in [1.807, 2.05) is 37.3 Å². The van der Waals surface area contributed by atoms with E-state index >= 15 is 0 Å². The van der Waals surface area contributed by atoms with Gasteiger partial charge in [-0.2, -0.15) is 0 Å². The van der Waals surface area contributed by atoms with Crippen LogP contribution in [-0.4, -0.2) is 18.1 Å². The van der Waals surface area contributed by atoms with Crippen LogP contribution in [0.3, 0.4) is 0 Å². The molecule has 0 saturated carbocycles. The lowest BCUT2D eigenvalue weighted by molar-refractivity contribution is 0.0601. The number of fused-ring (bicyclic) bond motifs is 1. The highest BCUT2D eigenvalue weighted by molar-refractivity contribution is 5.95. The zero-order chi connectivity index (χ0) is 14.8. The minimum Gasteiger partial charge on any atom is -0.465 e. The molecule has 0 atom stereocenters. The number of aryl methyl sites for hydroxylation is 1. The molecule has 3 heteroatoms. The summed E-state index contributed by atoms with van der Waals surface area (Å²) in [6.07, 6.45) is 0. The van der Waals surface area contributed by atoms with E-state index in [0.717, 1.165) is 27.7 Å². The number of methoxy groups -OCH3 is 1. The number of carbonyl (C=O) groups is 1. The fourth-order valence-corrected chi connectivity index (χ4v) is 2.45. The van der Waals surface area contributed by atoms with E-state index in [4.69, 9.17) is 4.74 Å². The van der Waals surface area contributed by atoms with Crippen LogP contribution in [0.15, 0.2) is 54.6 Å². The summed E-state index contributed by atoms with van der Waals surface area (Å²) in [4.78, 5) is 16.0. The molecule has 0 N–H and O–H groups in total. The van der Waals surface area contributed by atoms with Crippen LogP contribution in [0.1, 0.15) is 16.1 Å². The second-order valence-electron chi connectivity index (χ2n) is 4.90. The molecule has 0 fully saturated rings. The van der Waals surface area contributed by atoms with Crippen molar-refractivity contribution in [1.29, 1.82) is 0 Å². The van der Waals surface area contributed by atoms with Crippen molar-refractivity contribution in [2.75, 3.05) is 7.11 Å². The molecule has 3 aromatic rings. The first-order chi connectivity index (χ1) is 10.2. The summed E-state index contributed by atoms with van der Waals surface area (Å²) in [6.45, 7) is 1.98. The first-order valence-corrected chi connectivity index (χ1v) is 6.74. The molecule has 0 radical (unpaired) electrons. The standard InChI is InChI=1S/C18H15NO2/c1-12-11-16(15-5-3-4-6-17(15)19-12)13-7-9-14(10-8-13)18(20)21-2/h3-11H,1-2H3. The van der Waals surface area contributed by atoms with E-state index in [2.05, 4.69) is 17.1 Å². The number of rotatable bonds is 2. The number of esters is 1. The van der Waals surface area contributed by atoms with Crippen molar-refractivity contribution in [2.24, 2.45) is 0 Å². The Bertz CT molecular complexity index is 807. The highest BCUT2D eigenvalue weighted by atomic mass is 16.5. The van der Waals surface area contributed by atoms with Gasteiger partial charge in [-0.25, -0.2) is 4.79 Å². The maximum Gasteiger partial charge on any atom is 0.337 e. The third kappa shape index (κ3) is 2.50. The molecule has 1 heterocycles. The van der Waals surface area contributed by atoms with Gasteiger partial charge in [-0.05, 0) is 42.3 Å². The maximum absolute atomic E-state index is 11.5. The second-order valence-corrected chi connectivity index (χ2v) is 4.90. The number of nitrogens with zero attached hydrogens (tertiary/aromatic N) is 1. The number of hydrogen-bond donors (Lipinski definition) is 0. The summed E-state index contributed by atoms with van der Waals surface area (Å²) < 4.78 is 4.72. The smallest absolute Gasteiger partial charge is 0.337 e. The van der Waals surface area contributed by atoms with Crippen LogP contribution in [0.4, 0.5) is 0 Å². The SMILES string of the molecule is COC(=O)c1ccc(-c2cc(C)nc3ccccc23)cc1. The van der Waals surface area contributed by atoms with E-state index in [0.29, 0.717) is 5.56 Å². The fraction of sp³-hybridized carbons (Fsp3) is 0.111. The number of hydrogen-bond acceptors (Lipinski definition) is 3. The van der Waals surface area contributed by atoms with E-state index in [9.17, 15) is 4.79 Å². The summed E-state index contributed by atoms with van der Waals surface area (Å²) in [5.74, 6) is -0.322. The predicted molar refractivity (Wildman–Crippen MR) is 83.3 cm³/mol. The molecule has 0 saturated heterocycles. The number of benzene rings is 2. The summed E-state index contributed by atoms with van der Waals surface area (Å²) in [6, 6.07) is 17.6. The molecule has 0 bridgehead atoms. The van der Waals surface area contributed by atoms with Crippen molar-refractivity contribution in [1.82, 2.24) is 4.98 Å². The summed E-state index contributed by atoms with van der Waals surface area (Å²) in [5.41, 5.74) is 4.68. The Balaban J connectivity index is 2.14. The van der Waals surface area contributed by atoms with E-state index in [-0.39, 0.29) is 5.97 Å². The van der Waals surface area contributed by atoms with Crippen LogP contribution in [0.2, 0.25) is 0 Å². The van der Waals surface area contributed by atoms with Crippen molar-refractivity contribution < 1.29 is 9.53 Å². The molecule has 2 aromatic carbocycles. The molecule has 0 amide bonds. The van der Waals surface area contributed by atoms with Gasteiger partial charge in [0.2, 0.25) is 0 Å². The van der Waals surface area contributed by atoms with Gasteiger partial charge in [0, 0.05) is 11.1 Å². The average molecular weight is 277 g/mol. The van der Waals surface area contributed by atoms with Crippen LogP contribution >= 0.6 is 0 Å². The van der Waals surface area contributed by atoms with E-state index in [1.165, 1.54) is 7.11 Å². The van der Waals surface area contributed by atoms with Crippen molar-refractivity contribution >= 4 is 16.9 Å². The molecule has 0 spiro atoms. The van der Waals surface area contributed by atoms with Crippen LogP contribution < -0.4 is 0 Å². The minimum atomic E-state index is -0.322. The van der Waals surface area contributed by atoms with Gasteiger partial charge in [0.25, 0.3) is 0 Å². The van der Waals surface area contributed by atoms with Crippen LogP contribution in [0.5, 0.6) is 0 Å². The number of carbonyl (C=O) groups excluding carboxylic acids is 1. The zero-order valence-corrected chi connectivity index (χ0v) is 12.0. The van der Waals surface area contributed by atoms with Crippen molar-refractivity contribution in [3.63, 3.8) is 0 Å². The van der Waals surface area contributed by atoms with Gasteiger partial charge in [0.1, 0.15) is 0 Å². The van der Waals surface area contributed by atoms with Gasteiger partial charge in [-0.1, -0.05) is 30.3 Å². The summed E-state index contributed by atoms with van der Waals surface area (Å²) >= 11 is 0. The van der Waals surface area contributed by atoms with Gasteiger partial charge in [-0.15, -0.1) is 0 Å². The second kappa shape index (κ2) is 5.37. The predicted octanol–water partition coefficient (Wildman–Crippen LogP) is 4.00. The van der Waals surface area contributed by atoms with Crippen LogP contribution in [0, 0.1) is 6.92 Å². The molecule has 3 rings (SSSR count). The first-order valence-electron chi connectivity index (χ1n) is 6.74. The fourth-order valence-electron chi connectivity index (χ4n) is 2.45. The molecule has 0 aliphatic carbocycles. The molecule has 104 valence electrons. The minimum absolute atomic E-state index is 0.322. The van der Waals surface area contributed by atoms with Crippen molar-refractivity contribution in [3.8, 4) is 11.1 Å². The molecule has 3 nitrogen and oxygen atoms in total. The highest BCUT2D eigenvalue weighted by Crippen LogP contribution is 2.28. The van der Waals surface area contributed by atoms with Gasteiger partial charge < -0.3 is 4.74 Å². The van der Waals surface area contributed by atoms with E-state index < -0.39 is 0 Å². The zero-order valence-electron chi connectivity index (χ0n) is 12.0. The van der Waals surface area contributed by atoms with Gasteiger partial charge in [0.05, 0.1) is 18.2 Å². The van der Waals surface area contributed by atoms with Crippen molar-refractivity contribution in [3.05, 3.63) is 65.9 Å². The monoisotopic (exact) mass is 277 g/mol. The Labute approximate surface area is 123 Å². The van der Waals surface area contributed by atoms with Crippen LogP contribution in [0.25, 0.3) is 22.0 Å². The summed E-state index contributed by atoms with van der Waals surface area (Å²) in [7, 11) is 1.38. The largest absolute Gasteiger partial charge is 0.465 e. The molecule has 1 aromatic heterocycles. The molecular formula is C18H15NO2. The van der Waals surface area contributed by atoms with E-state index in [1.54, 1.807) is 12.1 Å². The number of ether oxygens (including phenoxy) is 1. The molecule has 21 heavy (non-hydrogen) atoms. The van der Waals surface area contributed by atoms with Crippen molar-refractivity contribution in [2.45, 2.75) is 6.92 Å². The molecular weight excluding hydrogens is 262 g/mol. The van der Waals surface area contributed by atoms with Gasteiger partial charge >= 0.3 is 5.97 Å². The quantitative estimate of drug-likeness (QED) is 0.665. The van der Waals surface area contributed by atoms with Crippen LogP contribution in [-0.2, 0) is 4.74 Å². The Morgan fingerprint density at radius 1 is 1.05 bits per heavy atom. The maximum atomic E-state index is 11.5. The molecule has 0 aliphatic heterocycles. The lowest BCUT2D eigenvalue weighted by Crippen LogP contribution is -2.00. The summed E-state index contributed by atoms with van der Waals surface area (Å²) in [5, 5.41) is 1.11. The lowest BCUT2D eigenvalue weighted by Gasteiger charge is -2.08. The van der Waals surface area contributed by atoms with Gasteiger partial charge in [0.15, 0.2) is 0 Å². The van der Waals surface area contributed by atoms with Gasteiger partial charge in [-0.3, -0.25) is 4.98 Å². The Morgan fingerprint density at radius 2 is 1.76 bits per heavy atom. The number of pyridine rings is 1. The molecule has 0 unspecified atom stereocenters. The third-order valence-corrected chi connectivity index (χ3v) is 3.46. The first kappa shape index (κ1) is 13.3. The normalized spacial score (nSPS) is 10.6. The Hall–Kier alpha value is -2.68. The lowest BCUT2D eigenvalue weighted by atomic mass is 9.99. The average Bonchev–Trinajstić information content (AvgIpc) is 2.53. The third-order valence-electron chi connectivity index (χ3n) is 3.46.